The molecule has 0 bridgehead atoms. The molecule has 0 saturated carbocycles. The number of nitrogens with two attached hydrogens (primary N) is 1. The lowest BCUT2D eigenvalue weighted by molar-refractivity contribution is 0.432. The molecule has 0 spiro atoms. The summed E-state index contributed by atoms with van der Waals surface area (Å²) in [6.07, 6.45) is 3.38. The Morgan fingerprint density at radius 2 is 1.95 bits per heavy atom. The van der Waals surface area contributed by atoms with Crippen molar-refractivity contribution in [3.63, 3.8) is 0 Å². The number of para-hydroxylation sites is 1. The van der Waals surface area contributed by atoms with Crippen LogP contribution in [0.1, 0.15) is 36.1 Å². The molecule has 0 aromatic heterocycles. The smallest absolute Gasteiger partial charge is 0.167 e. The largest absolute Gasteiger partial charge is 0.454 e. The van der Waals surface area contributed by atoms with Gasteiger partial charge < -0.3 is 10.5 Å². The first-order chi connectivity index (χ1) is 9.65. The van der Waals surface area contributed by atoms with Crippen LogP contribution in [0.25, 0.3) is 0 Å². The molecule has 0 unspecified atom stereocenters. The molecule has 104 valence electrons. The highest BCUT2D eigenvalue weighted by Crippen LogP contribution is 2.33. The van der Waals surface area contributed by atoms with Crippen molar-refractivity contribution in [3.05, 3.63) is 58.9 Å². The van der Waals surface area contributed by atoms with E-state index in [1.54, 1.807) is 12.1 Å². The molecule has 2 nitrogen and oxygen atoms in total. The van der Waals surface area contributed by atoms with Crippen LogP contribution >= 0.6 is 0 Å². The van der Waals surface area contributed by atoms with Crippen LogP contribution in [-0.4, -0.2) is 0 Å². The van der Waals surface area contributed by atoms with Gasteiger partial charge in [-0.15, -0.1) is 0 Å². The fourth-order valence-corrected chi connectivity index (χ4v) is 2.72. The average molecular weight is 271 g/mol. The molecule has 0 heterocycles. The Balaban J connectivity index is 1.95. The molecule has 1 aliphatic carbocycles. The fraction of sp³-hybridized carbons (Fsp3) is 0.294. The zero-order chi connectivity index (χ0) is 14.1. The van der Waals surface area contributed by atoms with E-state index in [2.05, 4.69) is 6.07 Å². The molecule has 1 atom stereocenters. The standard InChI is InChI=1S/C17H18FNO/c1-11(19)15-6-3-7-16(18)17(15)20-14-9-8-12-4-2-5-13(12)10-14/h3,6-11H,2,4-5,19H2,1H3/t11-/m1/s1. The minimum atomic E-state index is -0.375. The van der Waals surface area contributed by atoms with Gasteiger partial charge in [0.2, 0.25) is 0 Å². The maximum atomic E-state index is 14.0. The van der Waals surface area contributed by atoms with Gasteiger partial charge in [0, 0.05) is 11.6 Å². The molecule has 1 aliphatic rings. The Labute approximate surface area is 118 Å². The van der Waals surface area contributed by atoms with Gasteiger partial charge in [0.1, 0.15) is 5.75 Å². The van der Waals surface area contributed by atoms with E-state index in [1.165, 1.54) is 23.6 Å². The highest BCUT2D eigenvalue weighted by Gasteiger charge is 2.16. The summed E-state index contributed by atoms with van der Waals surface area (Å²) in [7, 11) is 0. The van der Waals surface area contributed by atoms with Crippen LogP contribution in [0.2, 0.25) is 0 Å². The van der Waals surface area contributed by atoms with Crippen LogP contribution in [-0.2, 0) is 12.8 Å². The first-order valence-electron chi connectivity index (χ1n) is 6.99. The third-order valence-electron chi connectivity index (χ3n) is 3.78. The summed E-state index contributed by atoms with van der Waals surface area (Å²) in [6, 6.07) is 10.6. The summed E-state index contributed by atoms with van der Waals surface area (Å²) in [4.78, 5) is 0. The Kier molecular flexibility index (Phi) is 3.45. The van der Waals surface area contributed by atoms with Crippen molar-refractivity contribution in [2.24, 2.45) is 5.73 Å². The maximum absolute atomic E-state index is 14.0. The summed E-state index contributed by atoms with van der Waals surface area (Å²) in [5.74, 6) is 0.540. The Morgan fingerprint density at radius 1 is 1.15 bits per heavy atom. The number of ether oxygens (including phenoxy) is 1. The maximum Gasteiger partial charge on any atom is 0.167 e. The van der Waals surface area contributed by atoms with Crippen molar-refractivity contribution in [3.8, 4) is 11.5 Å². The van der Waals surface area contributed by atoms with Crippen molar-refractivity contribution < 1.29 is 9.13 Å². The third kappa shape index (κ3) is 2.41. The average Bonchev–Trinajstić information content (AvgIpc) is 2.88. The molecular formula is C17H18FNO. The van der Waals surface area contributed by atoms with Crippen molar-refractivity contribution in [1.82, 2.24) is 0 Å². The normalized spacial score (nSPS) is 14.9. The zero-order valence-corrected chi connectivity index (χ0v) is 11.5. The van der Waals surface area contributed by atoms with Crippen molar-refractivity contribution in [2.75, 3.05) is 0 Å². The lowest BCUT2D eigenvalue weighted by atomic mass is 10.1. The highest BCUT2D eigenvalue weighted by atomic mass is 19.1. The monoisotopic (exact) mass is 271 g/mol. The lowest BCUT2D eigenvalue weighted by Gasteiger charge is -2.15. The SMILES string of the molecule is C[C@@H](N)c1cccc(F)c1Oc1ccc2c(c1)CCC2. The number of fused-ring (bicyclic) bond motifs is 1. The number of benzene rings is 2. The van der Waals surface area contributed by atoms with Gasteiger partial charge in [-0.25, -0.2) is 4.39 Å². The molecule has 2 aromatic rings. The highest BCUT2D eigenvalue weighted by molar-refractivity contribution is 5.44. The van der Waals surface area contributed by atoms with Crippen LogP contribution < -0.4 is 10.5 Å². The van der Waals surface area contributed by atoms with E-state index < -0.39 is 0 Å². The summed E-state index contributed by atoms with van der Waals surface area (Å²) < 4.78 is 19.8. The molecule has 0 radical (unpaired) electrons. The Morgan fingerprint density at radius 3 is 2.75 bits per heavy atom. The summed E-state index contributed by atoms with van der Waals surface area (Å²) in [6.45, 7) is 1.82. The molecule has 3 rings (SSSR count). The van der Waals surface area contributed by atoms with E-state index in [1.807, 2.05) is 19.1 Å². The van der Waals surface area contributed by atoms with Gasteiger partial charge in [0.25, 0.3) is 0 Å². The van der Waals surface area contributed by atoms with E-state index in [0.717, 1.165) is 12.8 Å². The predicted molar refractivity (Wildman–Crippen MR) is 77.5 cm³/mol. The number of aryl methyl sites for hydroxylation is 2. The number of hydrogen-bond donors (Lipinski definition) is 1. The minimum absolute atomic E-state index is 0.237. The van der Waals surface area contributed by atoms with E-state index in [9.17, 15) is 4.39 Å². The zero-order valence-electron chi connectivity index (χ0n) is 11.5. The second-order valence-corrected chi connectivity index (χ2v) is 5.33. The fourth-order valence-electron chi connectivity index (χ4n) is 2.72. The van der Waals surface area contributed by atoms with Crippen LogP contribution in [0.5, 0.6) is 11.5 Å². The van der Waals surface area contributed by atoms with Gasteiger partial charge in [0.15, 0.2) is 11.6 Å². The molecule has 2 aromatic carbocycles. The molecule has 20 heavy (non-hydrogen) atoms. The first kappa shape index (κ1) is 13.1. The molecule has 0 amide bonds. The van der Waals surface area contributed by atoms with Gasteiger partial charge in [-0.05, 0) is 55.5 Å². The topological polar surface area (TPSA) is 35.2 Å². The van der Waals surface area contributed by atoms with Gasteiger partial charge >= 0.3 is 0 Å². The van der Waals surface area contributed by atoms with Crippen molar-refractivity contribution in [2.45, 2.75) is 32.2 Å². The van der Waals surface area contributed by atoms with Crippen molar-refractivity contribution in [1.29, 1.82) is 0 Å². The first-order valence-corrected chi connectivity index (χ1v) is 6.99. The van der Waals surface area contributed by atoms with Gasteiger partial charge in [-0.1, -0.05) is 18.2 Å². The number of hydrogen-bond acceptors (Lipinski definition) is 2. The summed E-state index contributed by atoms with van der Waals surface area (Å²) in [5, 5.41) is 0. The van der Waals surface area contributed by atoms with Gasteiger partial charge in [-0.3, -0.25) is 0 Å². The molecule has 0 aliphatic heterocycles. The predicted octanol–water partition coefficient (Wildman–Crippen LogP) is 4.13. The second-order valence-electron chi connectivity index (χ2n) is 5.33. The van der Waals surface area contributed by atoms with E-state index in [-0.39, 0.29) is 17.6 Å². The quantitative estimate of drug-likeness (QED) is 0.911. The third-order valence-corrected chi connectivity index (χ3v) is 3.78. The Bertz CT molecular complexity index is 637. The van der Waals surface area contributed by atoms with Crippen LogP contribution in [0.3, 0.4) is 0 Å². The molecule has 2 N–H and O–H groups in total. The van der Waals surface area contributed by atoms with Crippen LogP contribution in [0, 0.1) is 5.82 Å². The molecule has 0 fully saturated rings. The summed E-state index contributed by atoms with van der Waals surface area (Å²) in [5.41, 5.74) is 9.25. The molecule has 3 heteroatoms. The summed E-state index contributed by atoms with van der Waals surface area (Å²) >= 11 is 0. The Hall–Kier alpha value is -1.87. The minimum Gasteiger partial charge on any atom is -0.454 e. The number of halogens is 1. The van der Waals surface area contributed by atoms with E-state index >= 15 is 0 Å². The second kappa shape index (κ2) is 5.25. The molecule has 0 saturated heterocycles. The van der Waals surface area contributed by atoms with Gasteiger partial charge in [0.05, 0.1) is 0 Å². The van der Waals surface area contributed by atoms with Crippen molar-refractivity contribution >= 4 is 0 Å². The van der Waals surface area contributed by atoms with Crippen LogP contribution in [0.4, 0.5) is 4.39 Å². The number of rotatable bonds is 3. The van der Waals surface area contributed by atoms with E-state index in [0.29, 0.717) is 11.3 Å². The lowest BCUT2D eigenvalue weighted by Crippen LogP contribution is -2.07. The van der Waals surface area contributed by atoms with E-state index in [4.69, 9.17) is 10.5 Å². The molecular weight excluding hydrogens is 253 g/mol. The van der Waals surface area contributed by atoms with Gasteiger partial charge in [-0.2, -0.15) is 0 Å². The van der Waals surface area contributed by atoms with Crippen LogP contribution in [0.15, 0.2) is 36.4 Å².